The summed E-state index contributed by atoms with van der Waals surface area (Å²) in [5, 5.41) is 31.6. The number of phenolic OH excluding ortho intramolecular Hbond substituents is 1. The molecule has 0 amide bonds. The highest BCUT2D eigenvalue weighted by Crippen LogP contribution is 2.44. The van der Waals surface area contributed by atoms with Crippen LogP contribution in [0.1, 0.15) is 11.1 Å². The van der Waals surface area contributed by atoms with Gasteiger partial charge in [0.15, 0.2) is 5.75 Å². The van der Waals surface area contributed by atoms with Crippen molar-refractivity contribution in [3.63, 3.8) is 0 Å². The van der Waals surface area contributed by atoms with Gasteiger partial charge in [-0.25, -0.2) is 5.26 Å². The zero-order chi connectivity index (χ0) is 16.1. The van der Waals surface area contributed by atoms with Crippen molar-refractivity contribution in [3.05, 3.63) is 29.3 Å². The SMILES string of the molecule is C=NCN=Nc1c(SOOO)cc2cc(C)c(C)cc2c1O. The van der Waals surface area contributed by atoms with Gasteiger partial charge in [-0.3, -0.25) is 4.99 Å². The maximum atomic E-state index is 10.5. The highest BCUT2D eigenvalue weighted by molar-refractivity contribution is 7.94. The molecule has 0 fully saturated rings. The molecule has 0 aliphatic carbocycles. The lowest BCUT2D eigenvalue weighted by Gasteiger charge is -2.11. The van der Waals surface area contributed by atoms with Gasteiger partial charge in [0.25, 0.3) is 0 Å². The molecule has 0 unspecified atom stereocenters. The Balaban J connectivity index is 2.63. The molecule has 0 spiro atoms. The molecule has 2 N–H and O–H groups in total. The Morgan fingerprint density at radius 2 is 1.95 bits per heavy atom. The molecular formula is C14H15N3O4S. The molecule has 116 valence electrons. The summed E-state index contributed by atoms with van der Waals surface area (Å²) in [6.07, 6.45) is 0. The predicted molar refractivity (Wildman–Crippen MR) is 84.7 cm³/mol. The van der Waals surface area contributed by atoms with E-state index in [1.54, 1.807) is 6.07 Å². The number of fused-ring (bicyclic) bond motifs is 1. The molecule has 22 heavy (non-hydrogen) atoms. The van der Waals surface area contributed by atoms with Crippen LogP contribution in [0.5, 0.6) is 5.75 Å². The van der Waals surface area contributed by atoms with E-state index in [1.807, 2.05) is 26.0 Å². The van der Waals surface area contributed by atoms with E-state index in [9.17, 15) is 5.11 Å². The molecule has 2 aromatic carbocycles. The molecule has 0 aliphatic rings. The highest BCUT2D eigenvalue weighted by atomic mass is 32.2. The van der Waals surface area contributed by atoms with Gasteiger partial charge in [-0.1, -0.05) is 11.1 Å². The van der Waals surface area contributed by atoms with Gasteiger partial charge < -0.3 is 5.11 Å². The molecule has 7 nitrogen and oxygen atoms in total. The first kappa shape index (κ1) is 16.4. The minimum atomic E-state index is -0.0301. The summed E-state index contributed by atoms with van der Waals surface area (Å²) in [6, 6.07) is 5.59. The van der Waals surface area contributed by atoms with Crippen molar-refractivity contribution in [2.45, 2.75) is 18.7 Å². The van der Waals surface area contributed by atoms with Gasteiger partial charge in [0.2, 0.25) is 0 Å². The lowest BCUT2D eigenvalue weighted by molar-refractivity contribution is -0.432. The fourth-order valence-corrected chi connectivity index (χ4v) is 2.47. The maximum absolute atomic E-state index is 10.5. The Kier molecular flexibility index (Phi) is 5.45. The third kappa shape index (κ3) is 3.42. The minimum Gasteiger partial charge on any atom is -0.505 e. The number of aryl methyl sites for hydroxylation is 2. The monoisotopic (exact) mass is 321 g/mol. The summed E-state index contributed by atoms with van der Waals surface area (Å²) < 4.78 is 4.45. The van der Waals surface area contributed by atoms with Crippen molar-refractivity contribution in [2.75, 3.05) is 6.67 Å². The van der Waals surface area contributed by atoms with Gasteiger partial charge >= 0.3 is 0 Å². The fraction of sp³-hybridized carbons (Fsp3) is 0.214. The highest BCUT2D eigenvalue weighted by Gasteiger charge is 2.15. The molecule has 0 aliphatic heterocycles. The molecule has 0 heterocycles. The summed E-state index contributed by atoms with van der Waals surface area (Å²) >= 11 is 0.712. The summed E-state index contributed by atoms with van der Waals surface area (Å²) in [6.45, 7) is 7.33. The van der Waals surface area contributed by atoms with Crippen LogP contribution >= 0.6 is 12.0 Å². The predicted octanol–water partition coefficient (Wildman–Crippen LogP) is 4.33. The van der Waals surface area contributed by atoms with Crippen LogP contribution in [-0.2, 0) is 9.37 Å². The lowest BCUT2D eigenvalue weighted by atomic mass is 10.0. The van der Waals surface area contributed by atoms with E-state index in [-0.39, 0.29) is 18.1 Å². The second-order valence-corrected chi connectivity index (χ2v) is 5.30. The summed E-state index contributed by atoms with van der Waals surface area (Å²) in [4.78, 5) is 4.01. The van der Waals surface area contributed by atoms with E-state index in [4.69, 9.17) is 5.26 Å². The number of aliphatic imine (C=N–C) groups is 1. The van der Waals surface area contributed by atoms with Crippen LogP contribution in [0.2, 0.25) is 0 Å². The molecule has 8 heteroatoms. The Labute approximate surface area is 131 Å². The number of hydrogen-bond acceptors (Lipinski definition) is 8. The van der Waals surface area contributed by atoms with E-state index < -0.39 is 0 Å². The molecule has 2 rings (SSSR count). The zero-order valence-electron chi connectivity index (χ0n) is 12.1. The van der Waals surface area contributed by atoms with Crippen LogP contribution in [0.3, 0.4) is 0 Å². The van der Waals surface area contributed by atoms with Crippen molar-refractivity contribution >= 4 is 35.2 Å². The van der Waals surface area contributed by atoms with Crippen LogP contribution in [0.15, 0.2) is 38.3 Å². The van der Waals surface area contributed by atoms with Crippen LogP contribution in [0, 0.1) is 13.8 Å². The maximum Gasteiger partial charge on any atom is 0.152 e. The van der Waals surface area contributed by atoms with Gasteiger partial charge in [-0.05, 0) is 49.2 Å². The van der Waals surface area contributed by atoms with Gasteiger partial charge in [0, 0.05) is 5.39 Å². The van der Waals surface area contributed by atoms with Crippen LogP contribution in [0.25, 0.3) is 10.8 Å². The van der Waals surface area contributed by atoms with Crippen molar-refractivity contribution in [1.82, 2.24) is 0 Å². The number of aromatic hydroxyl groups is 1. The number of azo groups is 1. The second kappa shape index (κ2) is 7.32. The lowest BCUT2D eigenvalue weighted by Crippen LogP contribution is -1.86. The Hall–Kier alpha value is -2.00. The van der Waals surface area contributed by atoms with E-state index in [2.05, 4.69) is 31.3 Å². The third-order valence-corrected chi connectivity index (χ3v) is 3.77. The molecule has 0 saturated carbocycles. The first-order chi connectivity index (χ1) is 10.6. The third-order valence-electron chi connectivity index (χ3n) is 3.15. The van der Waals surface area contributed by atoms with Crippen LogP contribution in [0.4, 0.5) is 5.69 Å². The van der Waals surface area contributed by atoms with Gasteiger partial charge in [-0.15, -0.1) is 9.45 Å². The van der Waals surface area contributed by atoms with Crippen molar-refractivity contribution < 1.29 is 19.7 Å². The largest absolute Gasteiger partial charge is 0.505 e. The molecule has 0 atom stereocenters. The Morgan fingerprint density at radius 3 is 2.64 bits per heavy atom. The first-order valence-corrected chi connectivity index (χ1v) is 7.04. The minimum absolute atomic E-state index is 0.0301. The quantitative estimate of drug-likeness (QED) is 0.271. The molecule has 0 radical (unpaired) electrons. The zero-order valence-corrected chi connectivity index (χ0v) is 12.9. The number of nitrogens with zero attached hydrogens (tertiary/aromatic N) is 3. The second-order valence-electron chi connectivity index (χ2n) is 4.56. The van der Waals surface area contributed by atoms with Crippen molar-refractivity contribution in [1.29, 1.82) is 0 Å². The smallest absolute Gasteiger partial charge is 0.152 e. The van der Waals surface area contributed by atoms with Gasteiger partial charge in [0.1, 0.15) is 12.4 Å². The standard InChI is InChI=1S/C14H15N3O4S/c1-8-4-10-6-12(22-21-20-19)13(17-16-7-15-3)14(18)11(10)5-9(8)2/h4-6,18-19H,3,7H2,1-2H3. The molecule has 0 bridgehead atoms. The van der Waals surface area contributed by atoms with E-state index in [0.717, 1.165) is 16.5 Å². The summed E-state index contributed by atoms with van der Waals surface area (Å²) in [5.41, 5.74) is 2.35. The normalized spacial score (nSPS) is 11.4. The summed E-state index contributed by atoms with van der Waals surface area (Å²) in [5.74, 6) is -0.0301. The van der Waals surface area contributed by atoms with E-state index >= 15 is 0 Å². The molecular weight excluding hydrogens is 306 g/mol. The average Bonchev–Trinajstić information content (AvgIpc) is 2.50. The van der Waals surface area contributed by atoms with Crippen molar-refractivity contribution in [2.24, 2.45) is 15.2 Å². The Bertz CT molecular complexity index is 734. The number of rotatable bonds is 6. The van der Waals surface area contributed by atoms with E-state index in [1.165, 1.54) is 0 Å². The average molecular weight is 321 g/mol. The van der Waals surface area contributed by atoms with Crippen LogP contribution < -0.4 is 0 Å². The number of hydrogen-bond donors (Lipinski definition) is 2. The van der Waals surface area contributed by atoms with Gasteiger partial charge in [0.05, 0.1) is 16.9 Å². The van der Waals surface area contributed by atoms with Gasteiger partial charge in [-0.2, -0.15) is 5.11 Å². The topological polar surface area (TPSA) is 96.0 Å². The van der Waals surface area contributed by atoms with Crippen molar-refractivity contribution in [3.8, 4) is 5.75 Å². The number of benzene rings is 2. The first-order valence-electron chi connectivity index (χ1n) is 6.30. The molecule has 0 saturated heterocycles. The number of phenols is 1. The van der Waals surface area contributed by atoms with E-state index in [0.29, 0.717) is 22.3 Å². The molecule has 0 aromatic heterocycles. The Morgan fingerprint density at radius 1 is 1.23 bits per heavy atom. The van der Waals surface area contributed by atoms with Crippen LogP contribution in [-0.4, -0.2) is 23.7 Å². The molecule has 2 aromatic rings. The fourth-order valence-electron chi connectivity index (χ4n) is 1.98. The summed E-state index contributed by atoms with van der Waals surface area (Å²) in [7, 11) is 0.